The summed E-state index contributed by atoms with van der Waals surface area (Å²) in [4.78, 5) is 40.5. The summed E-state index contributed by atoms with van der Waals surface area (Å²) in [6, 6.07) is 0. The van der Waals surface area contributed by atoms with Crippen molar-refractivity contribution in [2.75, 3.05) is 19.8 Å². The predicted molar refractivity (Wildman–Crippen MR) is 295 cm³/mol. The van der Waals surface area contributed by atoms with E-state index in [-0.39, 0.29) is 29.6 Å². The summed E-state index contributed by atoms with van der Waals surface area (Å²) in [6.45, 7) is 12.3. The molecule has 0 aromatic carbocycles. The lowest BCUT2D eigenvalue weighted by atomic mass is 9.36. The van der Waals surface area contributed by atoms with Crippen LogP contribution in [0, 0.1) is 50.7 Å². The van der Waals surface area contributed by atoms with Crippen molar-refractivity contribution >= 4 is 17.9 Å². The number of allylic oxidation sites excluding steroid dienone is 2. The molecule has 10 rings (SSSR count). The quantitative estimate of drug-likeness (QED) is 0.0460. The van der Waals surface area contributed by atoms with Gasteiger partial charge in [0, 0.05) is 6.92 Å². The van der Waals surface area contributed by atoms with Gasteiger partial charge in [0.25, 0.3) is 0 Å². The molecule has 0 aromatic rings. The zero-order valence-electron chi connectivity index (χ0n) is 51.3. The minimum atomic E-state index is -1.98. The first kappa shape index (κ1) is 69.1. The molecule has 9 fully saturated rings. The second-order valence-electron chi connectivity index (χ2n) is 28.5. The van der Waals surface area contributed by atoms with Gasteiger partial charge in [-0.25, -0.2) is 0 Å². The first-order valence-electron chi connectivity index (χ1n) is 31.2. The Labute approximate surface area is 514 Å². The molecule has 0 spiro atoms. The van der Waals surface area contributed by atoms with E-state index in [9.17, 15) is 86.2 Å². The molecule has 0 amide bonds. The largest absolute Gasteiger partial charge is 0.481 e. The van der Waals surface area contributed by atoms with Crippen molar-refractivity contribution < 1.29 is 143 Å². The van der Waals surface area contributed by atoms with Gasteiger partial charge in [-0.2, -0.15) is 0 Å². The van der Waals surface area contributed by atoms with Crippen LogP contribution in [0.1, 0.15) is 113 Å². The number of rotatable bonds is 14. The molecule has 4 saturated carbocycles. The van der Waals surface area contributed by atoms with Gasteiger partial charge in [0.05, 0.1) is 42.4 Å². The fourth-order valence-electron chi connectivity index (χ4n) is 17.5. The summed E-state index contributed by atoms with van der Waals surface area (Å²) in [5.74, 6) is -3.76. The van der Waals surface area contributed by atoms with Gasteiger partial charge in [-0.15, -0.1) is 0 Å². The normalized spacial score (nSPS) is 53.2. The first-order chi connectivity index (χ1) is 41.6. The van der Waals surface area contributed by atoms with Gasteiger partial charge in [0.15, 0.2) is 31.3 Å². The van der Waals surface area contributed by atoms with Crippen LogP contribution >= 0.6 is 0 Å². The Hall–Kier alpha value is -2.77. The molecule has 508 valence electrons. The third-order valence-corrected chi connectivity index (χ3v) is 22.6. The van der Waals surface area contributed by atoms with Crippen LogP contribution in [0.3, 0.4) is 0 Å². The van der Waals surface area contributed by atoms with Gasteiger partial charge in [0.1, 0.15) is 110 Å². The number of carbonyl (C=O) groups is 3. The standard InChI is InChI=1S/C60H94O29/c1-22-34(64)40(70)47(87-50-45(75)41(71)46(23(2)82-50)86-49-42(72)37(67)31(21-80-49)85-51-43(73)39(69)36(66)30(84-51)20-79-24(3)62)53(81-22)89-55(78)60-14-11-26-25(27(60)17-56(4,5)15-16-60)9-10-32-57(26,6)13-12-33-58(32,7)18-28(63)48(59(33,8)54(76)77)88-52-44(74)38(68)35(65)29(19-61)83-52/h9,22-23,26-53,61,63-75H,10-21H2,1-8H3,(H,76,77). The van der Waals surface area contributed by atoms with Crippen molar-refractivity contribution in [2.24, 2.45) is 50.7 Å². The summed E-state index contributed by atoms with van der Waals surface area (Å²) < 4.78 is 64.1. The second kappa shape index (κ2) is 25.8. The zero-order chi connectivity index (χ0) is 65.1. The van der Waals surface area contributed by atoms with E-state index < -0.39 is 225 Å². The molecule has 5 saturated heterocycles. The summed E-state index contributed by atoms with van der Waals surface area (Å²) in [5, 5.41) is 165. The van der Waals surface area contributed by atoms with Crippen molar-refractivity contribution in [1.29, 1.82) is 0 Å². The average Bonchev–Trinajstić information content (AvgIpc) is 0.688. The van der Waals surface area contributed by atoms with Crippen LogP contribution in [-0.2, 0) is 66.5 Å². The minimum Gasteiger partial charge on any atom is -0.481 e. The molecule has 0 radical (unpaired) electrons. The average molecular weight is 1280 g/mol. The highest BCUT2D eigenvalue weighted by molar-refractivity contribution is 5.79. The molecular formula is C60H94O29. The Morgan fingerprint density at radius 3 is 1.80 bits per heavy atom. The SMILES string of the molecule is CC(=O)OCC1OC(OC2COC(OC3C(C)OC(OC4C(OC(=O)C56CCC7C(=CCC8C7(C)CCC7C8(C)CC(O)C(OC8OC(CO)C(O)C(O)C8O)C7(C)C(=O)O)C5CC(C)(C)CC6)OC(C)C(O)C4O)C(O)C3O)C(O)C2O)C(O)C(O)C1O. The van der Waals surface area contributed by atoms with Gasteiger partial charge in [-0.05, 0) is 118 Å². The fraction of sp³-hybridized carbons (Fsp3) is 0.917. The number of aliphatic carboxylic acids is 1. The molecule has 10 aliphatic rings. The van der Waals surface area contributed by atoms with E-state index >= 15 is 4.79 Å². The van der Waals surface area contributed by atoms with Crippen molar-refractivity contribution in [3.63, 3.8) is 0 Å². The van der Waals surface area contributed by atoms with E-state index in [1.807, 2.05) is 6.92 Å². The van der Waals surface area contributed by atoms with E-state index in [0.29, 0.717) is 51.4 Å². The van der Waals surface area contributed by atoms with E-state index in [1.54, 1.807) is 0 Å². The zero-order valence-corrected chi connectivity index (χ0v) is 51.3. The Morgan fingerprint density at radius 1 is 0.562 bits per heavy atom. The number of ether oxygens (including phenoxy) is 11. The number of carboxylic acid groups (broad SMARTS) is 1. The van der Waals surface area contributed by atoms with E-state index in [1.165, 1.54) is 20.8 Å². The van der Waals surface area contributed by atoms with Gasteiger partial charge in [-0.3, -0.25) is 14.4 Å². The van der Waals surface area contributed by atoms with Crippen LogP contribution in [0.2, 0.25) is 0 Å². The fourth-order valence-corrected chi connectivity index (χ4v) is 17.5. The smallest absolute Gasteiger partial charge is 0.315 e. The lowest BCUT2D eigenvalue weighted by molar-refractivity contribution is -0.378. The molecule has 15 N–H and O–H groups in total. The van der Waals surface area contributed by atoms with Crippen molar-refractivity contribution in [3.05, 3.63) is 11.6 Å². The molecule has 5 aliphatic carbocycles. The molecule has 5 heterocycles. The van der Waals surface area contributed by atoms with Crippen LogP contribution < -0.4 is 0 Å². The third-order valence-electron chi connectivity index (χ3n) is 22.6. The van der Waals surface area contributed by atoms with E-state index in [4.69, 9.17) is 52.1 Å². The Kier molecular flexibility index (Phi) is 20.0. The number of aliphatic hydroxyl groups is 14. The monoisotopic (exact) mass is 1280 g/mol. The molecule has 0 bridgehead atoms. The van der Waals surface area contributed by atoms with Crippen LogP contribution in [0.5, 0.6) is 0 Å². The number of fused-ring (bicyclic) bond motifs is 7. The highest BCUT2D eigenvalue weighted by Gasteiger charge is 2.71. The molecule has 89 heavy (non-hydrogen) atoms. The lowest BCUT2D eigenvalue weighted by Crippen LogP contribution is -2.69. The van der Waals surface area contributed by atoms with E-state index in [0.717, 1.165) is 12.5 Å². The van der Waals surface area contributed by atoms with Gasteiger partial charge < -0.3 is 129 Å². The number of esters is 2. The summed E-state index contributed by atoms with van der Waals surface area (Å²) in [6.07, 6.45) is -36.4. The lowest BCUT2D eigenvalue weighted by Gasteiger charge is -2.68. The van der Waals surface area contributed by atoms with Crippen LogP contribution in [0.4, 0.5) is 0 Å². The highest BCUT2D eigenvalue weighted by Crippen LogP contribution is 2.72. The number of hydrogen-bond acceptors (Lipinski definition) is 28. The number of carboxylic acids is 1. The first-order valence-corrected chi connectivity index (χ1v) is 31.2. The Bertz CT molecular complexity index is 2560. The van der Waals surface area contributed by atoms with E-state index in [2.05, 4.69) is 26.8 Å². The maximum Gasteiger partial charge on any atom is 0.315 e. The van der Waals surface area contributed by atoms with Crippen molar-refractivity contribution in [1.82, 2.24) is 0 Å². The van der Waals surface area contributed by atoms with Gasteiger partial charge in [0.2, 0.25) is 6.29 Å². The number of aliphatic hydroxyl groups excluding tert-OH is 14. The third kappa shape index (κ3) is 12.1. The predicted octanol–water partition coefficient (Wildman–Crippen LogP) is -3.30. The second-order valence-corrected chi connectivity index (χ2v) is 28.5. The molecule has 34 unspecified atom stereocenters. The molecule has 5 aliphatic heterocycles. The highest BCUT2D eigenvalue weighted by atomic mass is 16.8. The number of hydrogen-bond donors (Lipinski definition) is 15. The topological polar surface area (TPSA) is 456 Å². The Balaban J connectivity index is 0.822. The minimum absolute atomic E-state index is 0.0803. The summed E-state index contributed by atoms with van der Waals surface area (Å²) >= 11 is 0. The van der Waals surface area contributed by atoms with Crippen LogP contribution in [0.25, 0.3) is 0 Å². The Morgan fingerprint density at radius 2 is 1.15 bits per heavy atom. The van der Waals surface area contributed by atoms with Gasteiger partial charge in [-0.1, -0.05) is 39.3 Å². The van der Waals surface area contributed by atoms with Crippen molar-refractivity contribution in [2.45, 2.75) is 273 Å². The van der Waals surface area contributed by atoms with Crippen LogP contribution in [0.15, 0.2) is 11.6 Å². The maximum atomic E-state index is 15.4. The summed E-state index contributed by atoms with van der Waals surface area (Å²) in [7, 11) is 0. The molecular weight excluding hydrogens is 1180 g/mol. The number of carbonyl (C=O) groups excluding carboxylic acids is 2. The molecule has 34 atom stereocenters. The van der Waals surface area contributed by atoms with Crippen molar-refractivity contribution in [3.8, 4) is 0 Å². The molecule has 29 nitrogen and oxygen atoms in total. The maximum absolute atomic E-state index is 15.4. The summed E-state index contributed by atoms with van der Waals surface area (Å²) in [5.41, 5.74) is -3.27. The van der Waals surface area contributed by atoms with Gasteiger partial charge >= 0.3 is 17.9 Å². The molecule has 29 heteroatoms. The van der Waals surface area contributed by atoms with Crippen LogP contribution in [-0.4, -0.2) is 274 Å². The molecule has 0 aromatic heterocycles.